The third-order valence-corrected chi connectivity index (χ3v) is 7.19. The summed E-state index contributed by atoms with van der Waals surface area (Å²) in [5.41, 5.74) is 4.29. The zero-order valence-electron chi connectivity index (χ0n) is 14.7. The van der Waals surface area contributed by atoms with Crippen LogP contribution in [0.2, 0.25) is 0 Å². The normalized spacial score (nSPS) is 15.0. The predicted molar refractivity (Wildman–Crippen MR) is 111 cm³/mol. The first kappa shape index (κ1) is 18.2. The molecule has 5 heteroatoms. The molecule has 1 amide bonds. The minimum Gasteiger partial charge on any atom is -0.378 e. The smallest absolute Gasteiger partial charge is 0.251 e. The number of nitrogens with zero attached hydrogens (tertiary/aromatic N) is 1. The Labute approximate surface area is 158 Å². The van der Waals surface area contributed by atoms with Crippen molar-refractivity contribution in [3.63, 3.8) is 0 Å². The summed E-state index contributed by atoms with van der Waals surface area (Å²) in [4.78, 5) is 14.4. The first-order chi connectivity index (χ1) is 12.1. The molecule has 0 saturated carbocycles. The van der Waals surface area contributed by atoms with E-state index in [2.05, 4.69) is 46.6 Å². The number of rotatable bonds is 5. The predicted octanol–water partition coefficient (Wildman–Crippen LogP) is 4.55. The fraction of sp³-hybridized carbons (Fsp3) is 0.350. The molecule has 1 fully saturated rings. The molecule has 0 aromatic heterocycles. The van der Waals surface area contributed by atoms with Gasteiger partial charge in [-0.05, 0) is 53.3 Å². The molecule has 1 heterocycles. The fourth-order valence-electron chi connectivity index (χ4n) is 2.67. The van der Waals surface area contributed by atoms with Gasteiger partial charge in [0.05, 0.1) is 4.58 Å². The van der Waals surface area contributed by atoms with Crippen molar-refractivity contribution >= 4 is 35.1 Å². The van der Waals surface area contributed by atoms with Crippen LogP contribution in [0.1, 0.15) is 32.5 Å². The fourth-order valence-corrected chi connectivity index (χ4v) is 5.56. The van der Waals surface area contributed by atoms with Gasteiger partial charge >= 0.3 is 0 Å². The quantitative estimate of drug-likeness (QED) is 0.834. The summed E-state index contributed by atoms with van der Waals surface area (Å²) in [7, 11) is 4.04. The van der Waals surface area contributed by atoms with Crippen molar-refractivity contribution in [3.05, 3.63) is 65.2 Å². The largest absolute Gasteiger partial charge is 0.378 e. The van der Waals surface area contributed by atoms with E-state index in [0.29, 0.717) is 11.1 Å². The van der Waals surface area contributed by atoms with Crippen LogP contribution in [0, 0.1) is 0 Å². The van der Waals surface area contributed by atoms with Crippen molar-refractivity contribution in [2.45, 2.75) is 17.5 Å². The second-order valence-electron chi connectivity index (χ2n) is 6.29. The van der Waals surface area contributed by atoms with Crippen molar-refractivity contribution in [3.8, 4) is 0 Å². The molecule has 25 heavy (non-hydrogen) atoms. The molecule has 1 saturated heterocycles. The highest BCUT2D eigenvalue weighted by Crippen LogP contribution is 2.43. The Hall–Kier alpha value is -1.59. The Morgan fingerprint density at radius 3 is 2.28 bits per heavy atom. The van der Waals surface area contributed by atoms with Crippen molar-refractivity contribution in [2.24, 2.45) is 0 Å². The lowest BCUT2D eigenvalue weighted by molar-refractivity contribution is 0.0951. The summed E-state index contributed by atoms with van der Waals surface area (Å²) in [6, 6.07) is 16.3. The topological polar surface area (TPSA) is 32.3 Å². The monoisotopic (exact) mass is 372 g/mol. The molecule has 3 nitrogen and oxygen atoms in total. The van der Waals surface area contributed by atoms with E-state index in [4.69, 9.17) is 0 Å². The molecular weight excluding hydrogens is 348 g/mol. The van der Waals surface area contributed by atoms with Crippen LogP contribution in [0.4, 0.5) is 5.69 Å². The number of amides is 1. The SMILES string of the molecule is CN(C)c1ccc(CNC(=O)c2ccc(C3SCCCS3)cc2)cc1. The van der Waals surface area contributed by atoms with E-state index in [-0.39, 0.29) is 5.91 Å². The van der Waals surface area contributed by atoms with Crippen LogP contribution in [0.3, 0.4) is 0 Å². The summed E-state index contributed by atoms with van der Waals surface area (Å²) < 4.78 is 0.515. The van der Waals surface area contributed by atoms with Gasteiger partial charge in [-0.1, -0.05) is 24.3 Å². The number of nitrogens with one attached hydrogen (secondary N) is 1. The van der Waals surface area contributed by atoms with Crippen LogP contribution in [0.25, 0.3) is 0 Å². The average Bonchev–Trinajstić information content (AvgIpc) is 2.67. The van der Waals surface area contributed by atoms with Gasteiger partial charge in [0.1, 0.15) is 0 Å². The second-order valence-corrected chi connectivity index (χ2v) is 9.02. The lowest BCUT2D eigenvalue weighted by atomic mass is 10.1. The minimum absolute atomic E-state index is 0.0211. The lowest BCUT2D eigenvalue weighted by Gasteiger charge is -2.21. The van der Waals surface area contributed by atoms with Gasteiger partial charge in [0, 0.05) is 31.9 Å². The van der Waals surface area contributed by atoms with Crippen LogP contribution < -0.4 is 10.2 Å². The molecule has 1 N–H and O–H groups in total. The number of thioether (sulfide) groups is 2. The molecule has 1 aliphatic heterocycles. The number of benzene rings is 2. The molecule has 0 radical (unpaired) electrons. The third-order valence-electron chi connectivity index (χ3n) is 4.18. The summed E-state index contributed by atoms with van der Waals surface area (Å²) in [5.74, 6) is 2.44. The minimum atomic E-state index is -0.0211. The summed E-state index contributed by atoms with van der Waals surface area (Å²) in [6.45, 7) is 0.544. The Bertz CT molecular complexity index is 693. The number of carbonyl (C=O) groups excluding carboxylic acids is 1. The standard InChI is InChI=1S/C20H24N2OS2/c1-22(2)18-10-4-15(5-11-18)14-21-19(23)16-6-8-17(9-7-16)20-24-12-3-13-25-20/h4-11,20H,3,12-14H2,1-2H3,(H,21,23). The van der Waals surface area contributed by atoms with E-state index in [1.54, 1.807) is 0 Å². The maximum atomic E-state index is 12.4. The highest BCUT2D eigenvalue weighted by molar-refractivity contribution is 8.16. The first-order valence-electron chi connectivity index (χ1n) is 8.51. The maximum Gasteiger partial charge on any atom is 0.251 e. The number of anilines is 1. The molecule has 0 bridgehead atoms. The van der Waals surface area contributed by atoms with Crippen LogP contribution in [0.15, 0.2) is 48.5 Å². The van der Waals surface area contributed by atoms with Gasteiger partial charge in [-0.2, -0.15) is 0 Å². The second kappa shape index (κ2) is 8.68. The zero-order chi connectivity index (χ0) is 17.6. The van der Waals surface area contributed by atoms with E-state index >= 15 is 0 Å². The van der Waals surface area contributed by atoms with Crippen LogP contribution in [-0.4, -0.2) is 31.5 Å². The van der Waals surface area contributed by atoms with Gasteiger partial charge in [-0.15, -0.1) is 23.5 Å². The molecular formula is C20H24N2OS2. The van der Waals surface area contributed by atoms with Crippen LogP contribution in [-0.2, 0) is 6.54 Å². The number of hydrogen-bond acceptors (Lipinski definition) is 4. The summed E-state index contributed by atoms with van der Waals surface area (Å²) >= 11 is 4.00. The van der Waals surface area contributed by atoms with Gasteiger partial charge in [0.15, 0.2) is 0 Å². The average molecular weight is 373 g/mol. The molecule has 1 aliphatic rings. The molecule has 3 rings (SSSR count). The maximum absolute atomic E-state index is 12.4. The van der Waals surface area contributed by atoms with Crippen molar-refractivity contribution in [1.29, 1.82) is 0 Å². The highest BCUT2D eigenvalue weighted by Gasteiger charge is 2.16. The summed E-state index contributed by atoms with van der Waals surface area (Å²) in [5, 5.41) is 3.00. The Morgan fingerprint density at radius 1 is 1.04 bits per heavy atom. The number of carbonyl (C=O) groups is 1. The molecule has 0 spiro atoms. The van der Waals surface area contributed by atoms with Crippen molar-refractivity contribution < 1.29 is 4.79 Å². The van der Waals surface area contributed by atoms with Crippen molar-refractivity contribution in [2.75, 3.05) is 30.5 Å². The van der Waals surface area contributed by atoms with E-state index < -0.39 is 0 Å². The van der Waals surface area contributed by atoms with E-state index in [0.717, 1.165) is 16.8 Å². The first-order valence-corrected chi connectivity index (χ1v) is 10.6. The van der Waals surface area contributed by atoms with E-state index in [9.17, 15) is 4.79 Å². The van der Waals surface area contributed by atoms with Gasteiger partial charge in [0.2, 0.25) is 0 Å². The Balaban J connectivity index is 1.55. The Kier molecular flexibility index (Phi) is 6.32. The Morgan fingerprint density at radius 2 is 1.68 bits per heavy atom. The van der Waals surface area contributed by atoms with Crippen LogP contribution in [0.5, 0.6) is 0 Å². The molecule has 0 atom stereocenters. The zero-order valence-corrected chi connectivity index (χ0v) is 16.3. The van der Waals surface area contributed by atoms with Gasteiger partial charge in [-0.25, -0.2) is 0 Å². The van der Waals surface area contributed by atoms with Gasteiger partial charge in [-0.3, -0.25) is 4.79 Å². The van der Waals surface area contributed by atoms with Gasteiger partial charge < -0.3 is 10.2 Å². The third kappa shape index (κ3) is 4.95. The highest BCUT2D eigenvalue weighted by atomic mass is 32.2. The molecule has 132 valence electrons. The van der Waals surface area contributed by atoms with Crippen molar-refractivity contribution in [1.82, 2.24) is 5.32 Å². The molecule has 2 aromatic carbocycles. The molecule has 0 aliphatic carbocycles. The van der Waals surface area contributed by atoms with E-state index in [1.807, 2.05) is 49.8 Å². The van der Waals surface area contributed by atoms with Crippen LogP contribution >= 0.6 is 23.5 Å². The summed E-state index contributed by atoms with van der Waals surface area (Å²) in [6.07, 6.45) is 1.29. The molecule has 0 unspecified atom stereocenters. The molecule has 2 aromatic rings. The lowest BCUT2D eigenvalue weighted by Crippen LogP contribution is -2.22. The van der Waals surface area contributed by atoms with E-state index in [1.165, 1.54) is 23.5 Å². The number of hydrogen-bond donors (Lipinski definition) is 1. The van der Waals surface area contributed by atoms with Gasteiger partial charge in [0.25, 0.3) is 5.91 Å².